The van der Waals surface area contributed by atoms with Crippen molar-refractivity contribution in [3.8, 4) is 5.75 Å². The summed E-state index contributed by atoms with van der Waals surface area (Å²) in [4.78, 5) is 25.5. The van der Waals surface area contributed by atoms with E-state index in [-0.39, 0.29) is 29.8 Å². The Morgan fingerprint density at radius 1 is 1.15 bits per heavy atom. The third-order valence-corrected chi connectivity index (χ3v) is 4.18. The Morgan fingerprint density at radius 2 is 1.88 bits per heavy atom. The van der Waals surface area contributed by atoms with Crippen LogP contribution in [0.1, 0.15) is 13.3 Å². The smallest absolute Gasteiger partial charge is 0.226 e. The minimum absolute atomic E-state index is 0.0399. The van der Waals surface area contributed by atoms with Crippen LogP contribution in [-0.2, 0) is 9.59 Å². The van der Waals surface area contributed by atoms with E-state index >= 15 is 0 Å². The van der Waals surface area contributed by atoms with E-state index in [0.29, 0.717) is 22.1 Å². The minimum atomic E-state index is -0.566. The molecule has 8 heteroatoms. The number of hydrogen-bond acceptors (Lipinski definition) is 3. The fourth-order valence-electron chi connectivity index (χ4n) is 2.30. The molecule has 0 spiro atoms. The zero-order valence-corrected chi connectivity index (χ0v) is 15.7. The lowest BCUT2D eigenvalue weighted by Crippen LogP contribution is -2.32. The first-order chi connectivity index (χ1) is 12.3. The summed E-state index contributed by atoms with van der Waals surface area (Å²) in [6.45, 7) is 1.55. The molecule has 0 unspecified atom stereocenters. The van der Waals surface area contributed by atoms with E-state index in [1.807, 2.05) is 0 Å². The fourth-order valence-corrected chi connectivity index (χ4v) is 2.73. The van der Waals surface area contributed by atoms with Gasteiger partial charge in [-0.3, -0.25) is 9.59 Å². The topological polar surface area (TPSA) is 58.6 Å². The van der Waals surface area contributed by atoms with Crippen molar-refractivity contribution in [2.75, 3.05) is 23.9 Å². The number of nitrogens with zero attached hydrogens (tertiary/aromatic N) is 1. The number of nitrogens with one attached hydrogen (secondary N) is 1. The maximum Gasteiger partial charge on any atom is 0.226 e. The monoisotopic (exact) mass is 398 g/mol. The molecule has 26 heavy (non-hydrogen) atoms. The molecule has 2 amide bonds. The summed E-state index contributed by atoms with van der Waals surface area (Å²) >= 11 is 11.8. The average Bonchev–Trinajstić information content (AvgIpc) is 2.58. The van der Waals surface area contributed by atoms with Crippen LogP contribution in [0.15, 0.2) is 36.4 Å². The average molecular weight is 399 g/mol. The molecule has 2 rings (SSSR count). The maximum absolute atomic E-state index is 13.1. The molecule has 0 saturated carbocycles. The molecule has 0 radical (unpaired) electrons. The first-order valence-electron chi connectivity index (χ1n) is 7.68. The predicted molar refractivity (Wildman–Crippen MR) is 101 cm³/mol. The molecule has 1 N–H and O–H groups in total. The van der Waals surface area contributed by atoms with Crippen molar-refractivity contribution >= 4 is 46.4 Å². The zero-order chi connectivity index (χ0) is 19.3. The highest BCUT2D eigenvalue weighted by molar-refractivity contribution is 6.32. The maximum atomic E-state index is 13.1. The molecule has 2 aromatic carbocycles. The Morgan fingerprint density at radius 3 is 2.46 bits per heavy atom. The Labute approximate surface area is 160 Å². The molecule has 2 aromatic rings. The molecule has 0 aliphatic rings. The van der Waals surface area contributed by atoms with Crippen molar-refractivity contribution in [1.82, 2.24) is 0 Å². The second kappa shape index (κ2) is 8.87. The molecule has 5 nitrogen and oxygen atoms in total. The van der Waals surface area contributed by atoms with Gasteiger partial charge in [0.05, 0.1) is 17.2 Å². The second-order valence-electron chi connectivity index (χ2n) is 5.42. The number of carbonyl (C=O) groups excluding carboxylic acids is 2. The van der Waals surface area contributed by atoms with Gasteiger partial charge in [0.15, 0.2) is 0 Å². The van der Waals surface area contributed by atoms with Gasteiger partial charge in [0.1, 0.15) is 11.6 Å². The fraction of sp³-hybridized carbons (Fsp3) is 0.222. The number of carbonyl (C=O) groups is 2. The number of rotatable bonds is 6. The third kappa shape index (κ3) is 5.09. The largest absolute Gasteiger partial charge is 0.495 e. The standard InChI is InChI=1S/C18H17Cl2FN2O3/c1-11(24)23(13-4-6-17(26-2)15(20)10-13)8-7-18(25)22-12-3-5-16(21)14(19)9-12/h3-6,9-10H,7-8H2,1-2H3,(H,22,25). The molecule has 0 fully saturated rings. The first-order valence-corrected chi connectivity index (χ1v) is 8.44. The van der Waals surface area contributed by atoms with Crippen LogP contribution in [0.4, 0.5) is 15.8 Å². The van der Waals surface area contributed by atoms with Crippen molar-refractivity contribution in [2.45, 2.75) is 13.3 Å². The van der Waals surface area contributed by atoms with Gasteiger partial charge in [-0.15, -0.1) is 0 Å². The number of methoxy groups -OCH3 is 1. The van der Waals surface area contributed by atoms with Crippen molar-refractivity contribution in [3.63, 3.8) is 0 Å². The Balaban J connectivity index is 2.03. The van der Waals surface area contributed by atoms with Crippen LogP contribution in [0.2, 0.25) is 10.0 Å². The van der Waals surface area contributed by atoms with Gasteiger partial charge < -0.3 is 15.0 Å². The van der Waals surface area contributed by atoms with Gasteiger partial charge >= 0.3 is 0 Å². The summed E-state index contributed by atoms with van der Waals surface area (Å²) in [6, 6.07) is 8.82. The van der Waals surface area contributed by atoms with Crippen molar-refractivity contribution in [2.24, 2.45) is 0 Å². The van der Waals surface area contributed by atoms with Gasteiger partial charge in [-0.1, -0.05) is 23.2 Å². The molecule has 0 aliphatic heterocycles. The summed E-state index contributed by atoms with van der Waals surface area (Å²) < 4.78 is 18.2. The second-order valence-corrected chi connectivity index (χ2v) is 6.23. The van der Waals surface area contributed by atoms with E-state index in [9.17, 15) is 14.0 Å². The van der Waals surface area contributed by atoms with Gasteiger partial charge in [0.2, 0.25) is 11.8 Å². The molecule has 0 atom stereocenters. The summed E-state index contributed by atoms with van der Waals surface area (Å²) in [5.74, 6) is -0.643. The SMILES string of the molecule is COc1ccc(N(CCC(=O)Nc2ccc(F)c(Cl)c2)C(C)=O)cc1Cl. The number of amides is 2. The Bertz CT molecular complexity index is 830. The van der Waals surface area contributed by atoms with Gasteiger partial charge in [-0.05, 0) is 36.4 Å². The minimum Gasteiger partial charge on any atom is -0.495 e. The quantitative estimate of drug-likeness (QED) is 0.777. The van der Waals surface area contributed by atoms with E-state index in [1.54, 1.807) is 18.2 Å². The summed E-state index contributed by atoms with van der Waals surface area (Å²) in [7, 11) is 1.50. The number of benzene rings is 2. The molecule has 0 aromatic heterocycles. The lowest BCUT2D eigenvalue weighted by Gasteiger charge is -2.21. The number of halogens is 3. The van der Waals surface area contributed by atoms with Gasteiger partial charge in [-0.25, -0.2) is 4.39 Å². The van der Waals surface area contributed by atoms with E-state index in [2.05, 4.69) is 5.32 Å². The van der Waals surface area contributed by atoms with E-state index < -0.39 is 5.82 Å². The molecule has 0 aliphatic carbocycles. The molecule has 0 saturated heterocycles. The van der Waals surface area contributed by atoms with E-state index in [1.165, 1.54) is 37.1 Å². The number of anilines is 2. The highest BCUT2D eigenvalue weighted by Crippen LogP contribution is 2.29. The predicted octanol–water partition coefficient (Wildman–Crippen LogP) is 4.52. The first kappa shape index (κ1) is 20.0. The zero-order valence-electron chi connectivity index (χ0n) is 14.2. The summed E-state index contributed by atoms with van der Waals surface area (Å²) in [5.41, 5.74) is 0.934. The van der Waals surface area contributed by atoms with Crippen LogP contribution in [0.3, 0.4) is 0 Å². The molecule has 0 heterocycles. The summed E-state index contributed by atoms with van der Waals surface area (Å²) in [6.07, 6.45) is 0.0399. The van der Waals surface area contributed by atoms with Crippen molar-refractivity contribution in [1.29, 1.82) is 0 Å². The van der Waals surface area contributed by atoms with Crippen molar-refractivity contribution < 1.29 is 18.7 Å². The van der Waals surface area contributed by atoms with Crippen LogP contribution >= 0.6 is 23.2 Å². The highest BCUT2D eigenvalue weighted by Gasteiger charge is 2.15. The van der Waals surface area contributed by atoms with Crippen LogP contribution in [0, 0.1) is 5.82 Å². The molecule has 138 valence electrons. The van der Waals surface area contributed by atoms with Crippen molar-refractivity contribution in [3.05, 3.63) is 52.3 Å². The molecular formula is C18H17Cl2FN2O3. The lowest BCUT2D eigenvalue weighted by molar-refractivity contribution is -0.117. The van der Waals surface area contributed by atoms with Crippen LogP contribution in [0.5, 0.6) is 5.75 Å². The molecule has 0 bridgehead atoms. The summed E-state index contributed by atoms with van der Waals surface area (Å²) in [5, 5.41) is 2.89. The highest BCUT2D eigenvalue weighted by atomic mass is 35.5. The van der Waals surface area contributed by atoms with Gasteiger partial charge in [0.25, 0.3) is 0 Å². The van der Waals surface area contributed by atoms with Gasteiger partial charge in [0, 0.05) is 31.3 Å². The Kier molecular flexibility index (Phi) is 6.83. The van der Waals surface area contributed by atoms with E-state index in [0.717, 1.165) is 0 Å². The van der Waals surface area contributed by atoms with Crippen LogP contribution < -0.4 is 15.0 Å². The number of hydrogen-bond donors (Lipinski definition) is 1. The van der Waals surface area contributed by atoms with Gasteiger partial charge in [-0.2, -0.15) is 0 Å². The third-order valence-electron chi connectivity index (χ3n) is 3.59. The van der Waals surface area contributed by atoms with Crippen LogP contribution in [-0.4, -0.2) is 25.5 Å². The Hall–Kier alpha value is -2.31. The van der Waals surface area contributed by atoms with Crippen LogP contribution in [0.25, 0.3) is 0 Å². The molecular weight excluding hydrogens is 382 g/mol. The number of ether oxygens (including phenoxy) is 1. The lowest BCUT2D eigenvalue weighted by atomic mass is 10.2. The van der Waals surface area contributed by atoms with E-state index in [4.69, 9.17) is 27.9 Å². The normalized spacial score (nSPS) is 10.3.